The minimum absolute atomic E-state index is 0.0117. The van der Waals surface area contributed by atoms with Crippen LogP contribution in [0.15, 0.2) is 18.6 Å². The van der Waals surface area contributed by atoms with E-state index in [4.69, 9.17) is 0 Å². The smallest absolute Gasteiger partial charge is 0.355 e. The molecule has 0 bridgehead atoms. The Morgan fingerprint density at radius 2 is 2.12 bits per heavy atom. The quantitative estimate of drug-likeness (QED) is 0.742. The molecule has 0 N–H and O–H groups in total. The maximum atomic E-state index is 12.6. The van der Waals surface area contributed by atoms with Crippen LogP contribution in [0.3, 0.4) is 0 Å². The maximum Gasteiger partial charge on any atom is 0.393 e. The van der Waals surface area contributed by atoms with Gasteiger partial charge in [-0.25, -0.2) is 4.98 Å². The van der Waals surface area contributed by atoms with E-state index in [0.717, 1.165) is 0 Å². The Kier molecular flexibility index (Phi) is 2.98. The van der Waals surface area contributed by atoms with Crippen molar-refractivity contribution in [1.82, 2.24) is 9.97 Å². The number of anilines is 1. The first-order valence-corrected chi connectivity index (χ1v) is 5.15. The first kappa shape index (κ1) is 11.2. The lowest BCUT2D eigenvalue weighted by molar-refractivity contribution is -0.176. The first-order chi connectivity index (χ1) is 7.57. The van der Waals surface area contributed by atoms with E-state index in [9.17, 15) is 13.2 Å². The number of piperidine rings is 1. The molecule has 16 heavy (non-hydrogen) atoms. The Bertz CT molecular complexity index is 339. The zero-order valence-electron chi connectivity index (χ0n) is 8.61. The van der Waals surface area contributed by atoms with Crippen molar-refractivity contribution in [3.05, 3.63) is 18.6 Å². The molecule has 0 aliphatic carbocycles. The van der Waals surface area contributed by atoms with E-state index in [1.807, 2.05) is 0 Å². The number of rotatable bonds is 1. The van der Waals surface area contributed by atoms with Gasteiger partial charge < -0.3 is 4.90 Å². The average Bonchev–Trinajstić information content (AvgIpc) is 2.29. The van der Waals surface area contributed by atoms with Crippen LogP contribution in [0.5, 0.6) is 0 Å². The molecule has 1 aromatic heterocycles. The minimum atomic E-state index is -4.11. The molecule has 1 fully saturated rings. The Morgan fingerprint density at radius 3 is 2.75 bits per heavy atom. The van der Waals surface area contributed by atoms with Crippen LogP contribution in [-0.2, 0) is 0 Å². The van der Waals surface area contributed by atoms with Crippen LogP contribution >= 0.6 is 0 Å². The lowest BCUT2D eigenvalue weighted by Crippen LogP contribution is -2.42. The van der Waals surface area contributed by atoms with Gasteiger partial charge in [-0.05, 0) is 12.8 Å². The third kappa shape index (κ3) is 2.43. The Labute approximate surface area is 91.3 Å². The van der Waals surface area contributed by atoms with Crippen LogP contribution in [0.1, 0.15) is 12.8 Å². The number of hydrogen-bond acceptors (Lipinski definition) is 3. The zero-order chi connectivity index (χ0) is 11.6. The number of alkyl halides is 3. The summed E-state index contributed by atoms with van der Waals surface area (Å²) in [5, 5.41) is 0. The van der Waals surface area contributed by atoms with Gasteiger partial charge in [-0.3, -0.25) is 4.98 Å². The Morgan fingerprint density at radius 1 is 1.31 bits per heavy atom. The molecule has 0 unspecified atom stereocenters. The predicted octanol–water partition coefficient (Wildman–Crippen LogP) is 2.26. The average molecular weight is 231 g/mol. The van der Waals surface area contributed by atoms with Crippen LogP contribution in [-0.4, -0.2) is 29.2 Å². The van der Waals surface area contributed by atoms with Crippen LogP contribution in [0, 0.1) is 5.92 Å². The molecule has 1 aliphatic heterocycles. The second-order valence-electron chi connectivity index (χ2n) is 3.89. The molecule has 6 heteroatoms. The second kappa shape index (κ2) is 4.27. The van der Waals surface area contributed by atoms with Gasteiger partial charge in [-0.1, -0.05) is 0 Å². The van der Waals surface area contributed by atoms with Gasteiger partial charge >= 0.3 is 6.18 Å². The van der Waals surface area contributed by atoms with Crippen LogP contribution in [0.2, 0.25) is 0 Å². The van der Waals surface area contributed by atoms with Crippen molar-refractivity contribution in [2.45, 2.75) is 19.0 Å². The van der Waals surface area contributed by atoms with Crippen molar-refractivity contribution in [2.75, 3.05) is 18.0 Å². The maximum absolute atomic E-state index is 12.6. The second-order valence-corrected chi connectivity index (χ2v) is 3.89. The molecule has 0 saturated carbocycles. The highest BCUT2D eigenvalue weighted by atomic mass is 19.4. The van der Waals surface area contributed by atoms with Crippen molar-refractivity contribution in [3.8, 4) is 0 Å². The van der Waals surface area contributed by atoms with E-state index >= 15 is 0 Å². The summed E-state index contributed by atoms with van der Waals surface area (Å²) in [4.78, 5) is 9.52. The van der Waals surface area contributed by atoms with Gasteiger partial charge in [-0.2, -0.15) is 13.2 Å². The van der Waals surface area contributed by atoms with E-state index < -0.39 is 12.1 Å². The van der Waals surface area contributed by atoms with E-state index in [0.29, 0.717) is 18.8 Å². The van der Waals surface area contributed by atoms with Crippen LogP contribution in [0.4, 0.5) is 19.0 Å². The monoisotopic (exact) mass is 231 g/mol. The van der Waals surface area contributed by atoms with E-state index in [-0.39, 0.29) is 13.0 Å². The van der Waals surface area contributed by atoms with Gasteiger partial charge in [0, 0.05) is 25.5 Å². The van der Waals surface area contributed by atoms with E-state index in [1.54, 1.807) is 4.90 Å². The summed E-state index contributed by atoms with van der Waals surface area (Å²) in [6.45, 7) is 0.605. The molecule has 0 radical (unpaired) electrons. The lowest BCUT2D eigenvalue weighted by atomic mass is 9.98. The van der Waals surface area contributed by atoms with Gasteiger partial charge in [0.1, 0.15) is 5.82 Å². The van der Waals surface area contributed by atoms with Crippen LogP contribution < -0.4 is 4.90 Å². The summed E-state index contributed by atoms with van der Waals surface area (Å²) in [6.07, 6.45) is 1.14. The van der Waals surface area contributed by atoms with Crippen molar-refractivity contribution in [2.24, 2.45) is 5.92 Å². The molecule has 1 saturated heterocycles. The van der Waals surface area contributed by atoms with Crippen molar-refractivity contribution in [3.63, 3.8) is 0 Å². The van der Waals surface area contributed by atoms with E-state index in [2.05, 4.69) is 9.97 Å². The minimum Gasteiger partial charge on any atom is -0.355 e. The molecule has 88 valence electrons. The van der Waals surface area contributed by atoms with Crippen molar-refractivity contribution < 1.29 is 13.2 Å². The van der Waals surface area contributed by atoms with Crippen molar-refractivity contribution in [1.29, 1.82) is 0 Å². The number of nitrogens with zero attached hydrogens (tertiary/aromatic N) is 3. The summed E-state index contributed by atoms with van der Waals surface area (Å²) in [5.74, 6) is -0.722. The fraction of sp³-hybridized carbons (Fsp3) is 0.600. The van der Waals surface area contributed by atoms with E-state index in [1.165, 1.54) is 18.6 Å². The molecule has 0 amide bonds. The molecule has 0 aromatic carbocycles. The molecule has 1 aliphatic rings. The normalized spacial score (nSPS) is 22.2. The predicted molar refractivity (Wildman–Crippen MR) is 53.0 cm³/mol. The Balaban J connectivity index is 2.08. The van der Waals surface area contributed by atoms with Gasteiger partial charge in [0.25, 0.3) is 0 Å². The highest BCUT2D eigenvalue weighted by Crippen LogP contribution is 2.34. The lowest BCUT2D eigenvalue weighted by Gasteiger charge is -2.34. The molecule has 1 atom stereocenters. The van der Waals surface area contributed by atoms with Gasteiger partial charge in [0.15, 0.2) is 0 Å². The largest absolute Gasteiger partial charge is 0.393 e. The van der Waals surface area contributed by atoms with Crippen molar-refractivity contribution >= 4 is 5.82 Å². The summed E-state index contributed by atoms with van der Waals surface area (Å²) in [5.41, 5.74) is 0. The molecular formula is C10H12F3N3. The SMILES string of the molecule is FC(F)(F)[C@@H]1CCCN(c2cnccn2)C1. The molecule has 2 rings (SSSR count). The number of hydrogen-bond donors (Lipinski definition) is 0. The summed E-state index contributed by atoms with van der Waals surface area (Å²) >= 11 is 0. The standard InChI is InChI=1S/C10H12F3N3/c11-10(12,13)8-2-1-5-16(7-8)9-6-14-3-4-15-9/h3-4,6,8H,1-2,5,7H2/t8-/m1/s1. The summed E-state index contributed by atoms with van der Waals surface area (Å²) in [6, 6.07) is 0. The summed E-state index contributed by atoms with van der Waals surface area (Å²) < 4.78 is 37.7. The van der Waals surface area contributed by atoms with Crippen LogP contribution in [0.25, 0.3) is 0 Å². The van der Waals surface area contributed by atoms with Gasteiger partial charge in [0.05, 0.1) is 12.1 Å². The molecule has 3 nitrogen and oxygen atoms in total. The van der Waals surface area contributed by atoms with Gasteiger partial charge in [-0.15, -0.1) is 0 Å². The third-order valence-corrected chi connectivity index (χ3v) is 2.76. The highest BCUT2D eigenvalue weighted by molar-refractivity contribution is 5.35. The Hall–Kier alpha value is -1.33. The molecular weight excluding hydrogens is 219 g/mol. The fourth-order valence-electron chi connectivity index (χ4n) is 1.91. The van der Waals surface area contributed by atoms with Gasteiger partial charge in [0.2, 0.25) is 0 Å². The molecule has 1 aromatic rings. The highest BCUT2D eigenvalue weighted by Gasteiger charge is 2.41. The zero-order valence-corrected chi connectivity index (χ0v) is 8.61. The number of aromatic nitrogens is 2. The summed E-state index contributed by atoms with van der Waals surface area (Å²) in [7, 11) is 0. The number of halogens is 3. The molecule has 0 spiro atoms. The molecule has 2 heterocycles. The fourth-order valence-corrected chi connectivity index (χ4v) is 1.91. The first-order valence-electron chi connectivity index (χ1n) is 5.15. The topological polar surface area (TPSA) is 29.0 Å². The third-order valence-electron chi connectivity index (χ3n) is 2.76.